The third-order valence-electron chi connectivity index (χ3n) is 5.58. The standard InChI is InChI=1S/C27H22F2/c28-19-21-11-10-18-26(25(21)20-29)27(22-12-4-1-5-13-22,23-14-6-2-7-15-23)24-16-8-3-9-17-24/h1-18H,19-20H2. The smallest absolute Gasteiger partial charge is 0.115 e. The molecule has 0 aromatic heterocycles. The van der Waals surface area contributed by atoms with Crippen LogP contribution in [0.5, 0.6) is 0 Å². The Morgan fingerprint density at radius 3 is 1.31 bits per heavy atom. The molecular weight excluding hydrogens is 362 g/mol. The average molecular weight is 384 g/mol. The van der Waals surface area contributed by atoms with Crippen molar-refractivity contribution in [3.63, 3.8) is 0 Å². The fourth-order valence-corrected chi connectivity index (χ4v) is 4.30. The van der Waals surface area contributed by atoms with Crippen molar-refractivity contribution >= 4 is 0 Å². The monoisotopic (exact) mass is 384 g/mol. The Bertz CT molecular complexity index is 961. The van der Waals surface area contributed by atoms with E-state index < -0.39 is 18.8 Å². The summed E-state index contributed by atoms with van der Waals surface area (Å²) in [7, 11) is 0. The summed E-state index contributed by atoms with van der Waals surface area (Å²) in [6.45, 7) is -1.41. The molecule has 0 fully saturated rings. The van der Waals surface area contributed by atoms with E-state index in [-0.39, 0.29) is 0 Å². The minimum absolute atomic E-state index is 0.400. The van der Waals surface area contributed by atoms with Crippen LogP contribution >= 0.6 is 0 Å². The molecule has 0 atom stereocenters. The van der Waals surface area contributed by atoms with E-state index in [1.807, 2.05) is 66.7 Å². The lowest BCUT2D eigenvalue weighted by Crippen LogP contribution is -2.32. The number of rotatable bonds is 6. The zero-order valence-corrected chi connectivity index (χ0v) is 16.1. The molecule has 0 unspecified atom stereocenters. The van der Waals surface area contributed by atoms with E-state index in [1.165, 1.54) is 0 Å². The molecule has 0 aliphatic carbocycles. The molecule has 0 amide bonds. The van der Waals surface area contributed by atoms with Gasteiger partial charge in [0.15, 0.2) is 0 Å². The molecule has 0 aliphatic rings. The SMILES string of the molecule is FCc1cccc(C(c2ccccc2)(c2ccccc2)c2ccccc2)c1CF. The van der Waals surface area contributed by atoms with Gasteiger partial charge in [-0.2, -0.15) is 0 Å². The lowest BCUT2D eigenvalue weighted by Gasteiger charge is -2.38. The molecule has 0 aliphatic heterocycles. The minimum Gasteiger partial charge on any atom is -0.246 e. The van der Waals surface area contributed by atoms with Gasteiger partial charge in [-0.1, -0.05) is 109 Å². The first-order valence-electron chi connectivity index (χ1n) is 9.72. The van der Waals surface area contributed by atoms with Crippen molar-refractivity contribution in [1.29, 1.82) is 0 Å². The van der Waals surface area contributed by atoms with Crippen molar-refractivity contribution in [2.75, 3.05) is 0 Å². The van der Waals surface area contributed by atoms with E-state index in [0.29, 0.717) is 11.1 Å². The molecule has 0 heterocycles. The van der Waals surface area contributed by atoms with Crippen LogP contribution in [-0.2, 0) is 18.8 Å². The maximum atomic E-state index is 14.3. The molecular formula is C27H22F2. The maximum absolute atomic E-state index is 14.3. The molecule has 0 nitrogen and oxygen atoms in total. The summed E-state index contributed by atoms with van der Waals surface area (Å²) < 4.78 is 28.1. The second-order valence-corrected chi connectivity index (χ2v) is 7.06. The molecule has 0 bridgehead atoms. The van der Waals surface area contributed by atoms with E-state index in [4.69, 9.17) is 0 Å². The lowest BCUT2D eigenvalue weighted by atomic mass is 9.63. The number of hydrogen-bond acceptors (Lipinski definition) is 0. The normalized spacial score (nSPS) is 11.4. The molecule has 0 saturated carbocycles. The third kappa shape index (κ3) is 3.25. The first kappa shape index (κ1) is 19.1. The average Bonchev–Trinajstić information content (AvgIpc) is 2.81. The Morgan fingerprint density at radius 2 is 0.931 bits per heavy atom. The van der Waals surface area contributed by atoms with Gasteiger partial charge in [-0.05, 0) is 33.4 Å². The second kappa shape index (κ2) is 8.40. The Hall–Kier alpha value is -3.26. The van der Waals surface area contributed by atoms with Crippen LogP contribution in [0, 0.1) is 0 Å². The Kier molecular flexibility index (Phi) is 5.53. The van der Waals surface area contributed by atoms with E-state index in [0.717, 1.165) is 22.3 Å². The summed E-state index contributed by atoms with van der Waals surface area (Å²) in [5, 5.41) is 0. The largest absolute Gasteiger partial charge is 0.246 e. The fraction of sp³-hybridized carbons (Fsp3) is 0.111. The van der Waals surface area contributed by atoms with Crippen LogP contribution in [0.4, 0.5) is 8.78 Å². The Balaban J connectivity index is 2.19. The van der Waals surface area contributed by atoms with Gasteiger partial charge in [-0.3, -0.25) is 0 Å². The van der Waals surface area contributed by atoms with Gasteiger partial charge >= 0.3 is 0 Å². The van der Waals surface area contributed by atoms with Gasteiger partial charge in [-0.15, -0.1) is 0 Å². The Labute approximate surface area is 170 Å². The molecule has 0 radical (unpaired) electrons. The van der Waals surface area contributed by atoms with Crippen molar-refractivity contribution in [3.8, 4) is 0 Å². The summed E-state index contributed by atoms with van der Waals surface area (Å²) in [5.41, 5.74) is 3.90. The van der Waals surface area contributed by atoms with Gasteiger partial charge in [0.25, 0.3) is 0 Å². The quantitative estimate of drug-likeness (QED) is 0.314. The van der Waals surface area contributed by atoms with Gasteiger partial charge in [0.1, 0.15) is 13.3 Å². The van der Waals surface area contributed by atoms with Gasteiger partial charge in [0.05, 0.1) is 5.41 Å². The van der Waals surface area contributed by atoms with E-state index >= 15 is 0 Å². The number of halogens is 2. The number of alkyl halides is 2. The highest BCUT2D eigenvalue weighted by atomic mass is 19.1. The number of hydrogen-bond donors (Lipinski definition) is 0. The lowest BCUT2D eigenvalue weighted by molar-refractivity contribution is 0.449. The van der Waals surface area contributed by atoms with E-state index in [9.17, 15) is 8.78 Å². The summed E-state index contributed by atoms with van der Waals surface area (Å²) in [5.74, 6) is 0. The molecule has 2 heteroatoms. The molecule has 4 aromatic rings. The maximum Gasteiger partial charge on any atom is 0.115 e. The molecule has 144 valence electrons. The fourth-order valence-electron chi connectivity index (χ4n) is 4.30. The molecule has 29 heavy (non-hydrogen) atoms. The number of benzene rings is 4. The molecule has 4 aromatic carbocycles. The van der Waals surface area contributed by atoms with Gasteiger partial charge in [0.2, 0.25) is 0 Å². The predicted molar refractivity (Wildman–Crippen MR) is 114 cm³/mol. The minimum atomic E-state index is -0.754. The Morgan fingerprint density at radius 1 is 0.483 bits per heavy atom. The van der Waals surface area contributed by atoms with Crippen LogP contribution in [0.3, 0.4) is 0 Å². The zero-order chi connectivity index (χ0) is 20.1. The first-order valence-corrected chi connectivity index (χ1v) is 9.72. The molecule has 0 N–H and O–H groups in total. The second-order valence-electron chi connectivity index (χ2n) is 7.06. The highest BCUT2D eigenvalue weighted by Gasteiger charge is 2.40. The summed E-state index contributed by atoms with van der Waals surface area (Å²) in [6.07, 6.45) is 0. The van der Waals surface area contributed by atoms with Crippen molar-refractivity contribution < 1.29 is 8.78 Å². The van der Waals surface area contributed by atoms with Crippen LogP contribution in [0.2, 0.25) is 0 Å². The third-order valence-corrected chi connectivity index (χ3v) is 5.58. The first-order chi connectivity index (χ1) is 14.3. The summed E-state index contributed by atoms with van der Waals surface area (Å²) in [4.78, 5) is 0. The van der Waals surface area contributed by atoms with Crippen LogP contribution in [0.25, 0.3) is 0 Å². The van der Waals surface area contributed by atoms with Gasteiger partial charge in [-0.25, -0.2) is 8.78 Å². The van der Waals surface area contributed by atoms with Crippen molar-refractivity contribution in [3.05, 3.63) is 143 Å². The van der Waals surface area contributed by atoms with Crippen molar-refractivity contribution in [1.82, 2.24) is 0 Å². The zero-order valence-electron chi connectivity index (χ0n) is 16.1. The molecule has 0 saturated heterocycles. The van der Waals surface area contributed by atoms with Crippen LogP contribution in [0.1, 0.15) is 33.4 Å². The van der Waals surface area contributed by atoms with Crippen LogP contribution < -0.4 is 0 Å². The van der Waals surface area contributed by atoms with Crippen LogP contribution in [0.15, 0.2) is 109 Å². The molecule has 0 spiro atoms. The van der Waals surface area contributed by atoms with Gasteiger partial charge in [0, 0.05) is 0 Å². The topological polar surface area (TPSA) is 0 Å². The summed E-state index contributed by atoms with van der Waals surface area (Å²) in [6, 6.07) is 35.6. The van der Waals surface area contributed by atoms with Gasteiger partial charge < -0.3 is 0 Å². The molecule has 4 rings (SSSR count). The van der Waals surface area contributed by atoms with Crippen molar-refractivity contribution in [2.45, 2.75) is 18.8 Å². The highest BCUT2D eigenvalue weighted by molar-refractivity contribution is 5.62. The summed E-state index contributed by atoms with van der Waals surface area (Å²) >= 11 is 0. The van der Waals surface area contributed by atoms with E-state index in [2.05, 4.69) is 36.4 Å². The highest BCUT2D eigenvalue weighted by Crippen LogP contribution is 2.46. The van der Waals surface area contributed by atoms with E-state index in [1.54, 1.807) is 6.07 Å². The van der Waals surface area contributed by atoms with Crippen LogP contribution in [-0.4, -0.2) is 0 Å². The van der Waals surface area contributed by atoms with Crippen molar-refractivity contribution in [2.24, 2.45) is 0 Å². The predicted octanol–water partition coefficient (Wildman–Crippen LogP) is 7.01.